The monoisotopic (exact) mass is 419 g/mol. The Bertz CT molecular complexity index is 964. The van der Waals surface area contributed by atoms with Crippen LogP contribution in [-0.4, -0.2) is 44.6 Å². The van der Waals surface area contributed by atoms with Crippen LogP contribution < -0.4 is 4.74 Å². The first-order valence-corrected chi connectivity index (χ1v) is 9.91. The lowest BCUT2D eigenvalue weighted by molar-refractivity contribution is -0.137. The smallest absolute Gasteiger partial charge is 0.416 e. The Morgan fingerprint density at radius 2 is 2.03 bits per heavy atom. The maximum Gasteiger partial charge on any atom is 0.416 e. The molecule has 0 amide bonds. The van der Waals surface area contributed by atoms with Gasteiger partial charge >= 0.3 is 6.18 Å². The first-order chi connectivity index (χ1) is 14.4. The molecule has 9 heteroatoms. The van der Waals surface area contributed by atoms with Crippen molar-refractivity contribution in [3.05, 3.63) is 65.2 Å². The van der Waals surface area contributed by atoms with Crippen molar-refractivity contribution in [1.82, 2.24) is 24.9 Å². The van der Waals surface area contributed by atoms with E-state index in [1.165, 1.54) is 17.7 Å². The van der Waals surface area contributed by atoms with Crippen LogP contribution in [0.5, 0.6) is 5.75 Å². The number of likely N-dealkylation sites (tertiary alicyclic amines) is 1. The molecule has 0 spiro atoms. The van der Waals surface area contributed by atoms with Crippen molar-refractivity contribution < 1.29 is 17.9 Å². The van der Waals surface area contributed by atoms with E-state index in [1.807, 2.05) is 24.1 Å². The molecule has 1 aliphatic rings. The summed E-state index contributed by atoms with van der Waals surface area (Å²) in [5, 5.41) is 11.7. The molecule has 3 heterocycles. The van der Waals surface area contributed by atoms with E-state index < -0.39 is 11.7 Å². The Balaban J connectivity index is 1.24. The lowest BCUT2D eigenvalue weighted by atomic mass is 10.0. The molecule has 3 aromatic rings. The normalized spacial score (nSPS) is 17.5. The Morgan fingerprint density at radius 3 is 2.73 bits per heavy atom. The third kappa shape index (κ3) is 5.02. The molecule has 0 radical (unpaired) electrons. The van der Waals surface area contributed by atoms with Gasteiger partial charge in [0, 0.05) is 49.9 Å². The number of benzene rings is 1. The van der Waals surface area contributed by atoms with Crippen molar-refractivity contribution in [3.63, 3.8) is 0 Å². The molecule has 1 atom stereocenters. The number of hydrogen-bond donors (Lipinski definition) is 1. The first-order valence-electron chi connectivity index (χ1n) is 9.91. The highest BCUT2D eigenvalue weighted by atomic mass is 19.4. The van der Waals surface area contributed by atoms with Gasteiger partial charge in [-0.1, -0.05) is 0 Å². The minimum atomic E-state index is -4.33. The Kier molecular flexibility index (Phi) is 5.80. The predicted molar refractivity (Wildman–Crippen MR) is 105 cm³/mol. The fourth-order valence-electron chi connectivity index (χ4n) is 3.77. The molecule has 0 aliphatic carbocycles. The highest BCUT2D eigenvalue weighted by Gasteiger charge is 2.30. The lowest BCUT2D eigenvalue weighted by Crippen LogP contribution is -2.19. The number of aromatic amines is 1. The number of rotatable bonds is 7. The Hall–Kier alpha value is -2.81. The summed E-state index contributed by atoms with van der Waals surface area (Å²) in [5.41, 5.74) is 2.54. The SMILES string of the molecule is Cn1cc(CN2CCC(c3cc(CCOc4ccc(C(F)(F)F)cc4)[nH]n3)C2)cn1. The second kappa shape index (κ2) is 8.51. The highest BCUT2D eigenvalue weighted by Crippen LogP contribution is 2.30. The summed E-state index contributed by atoms with van der Waals surface area (Å²) < 4.78 is 45.2. The summed E-state index contributed by atoms with van der Waals surface area (Å²) in [7, 11) is 1.92. The summed E-state index contributed by atoms with van der Waals surface area (Å²) in [5.74, 6) is 0.812. The molecule has 1 aliphatic heterocycles. The number of nitrogens with one attached hydrogen (secondary N) is 1. The molecule has 160 valence electrons. The van der Waals surface area contributed by atoms with Crippen molar-refractivity contribution in [2.24, 2.45) is 7.05 Å². The number of aryl methyl sites for hydroxylation is 1. The number of aromatic nitrogens is 4. The molecule has 6 nitrogen and oxygen atoms in total. The molecule has 1 aromatic carbocycles. The molecule has 4 rings (SSSR count). The van der Waals surface area contributed by atoms with Crippen molar-refractivity contribution in [1.29, 1.82) is 0 Å². The van der Waals surface area contributed by atoms with Crippen LogP contribution >= 0.6 is 0 Å². The van der Waals surface area contributed by atoms with Crippen LogP contribution in [0.4, 0.5) is 13.2 Å². The molecule has 2 aromatic heterocycles. The van der Waals surface area contributed by atoms with Gasteiger partial charge in [-0.05, 0) is 43.3 Å². The number of alkyl halides is 3. The van der Waals surface area contributed by atoms with Gasteiger partial charge in [0.25, 0.3) is 0 Å². The zero-order chi connectivity index (χ0) is 21.1. The third-order valence-corrected chi connectivity index (χ3v) is 5.33. The van der Waals surface area contributed by atoms with Gasteiger partial charge in [-0.25, -0.2) is 0 Å². The number of hydrogen-bond acceptors (Lipinski definition) is 4. The van der Waals surface area contributed by atoms with Gasteiger partial charge < -0.3 is 4.74 Å². The van der Waals surface area contributed by atoms with E-state index >= 15 is 0 Å². The number of halogens is 3. The summed E-state index contributed by atoms with van der Waals surface area (Å²) in [6.45, 7) is 3.24. The van der Waals surface area contributed by atoms with Gasteiger partial charge in [-0.3, -0.25) is 14.7 Å². The van der Waals surface area contributed by atoms with Gasteiger partial charge in [-0.15, -0.1) is 0 Å². The van der Waals surface area contributed by atoms with Gasteiger partial charge in [0.1, 0.15) is 5.75 Å². The maximum atomic E-state index is 12.6. The fourth-order valence-corrected chi connectivity index (χ4v) is 3.77. The minimum Gasteiger partial charge on any atom is -0.493 e. The molecule has 0 bridgehead atoms. The molecule has 1 N–H and O–H groups in total. The van der Waals surface area contributed by atoms with Crippen molar-refractivity contribution in [3.8, 4) is 5.75 Å². The summed E-state index contributed by atoms with van der Waals surface area (Å²) >= 11 is 0. The van der Waals surface area contributed by atoms with Gasteiger partial charge in [-0.2, -0.15) is 23.4 Å². The predicted octanol–water partition coefficient (Wildman–Crippen LogP) is 3.77. The van der Waals surface area contributed by atoms with Crippen LogP contribution in [0.25, 0.3) is 0 Å². The van der Waals surface area contributed by atoms with Crippen LogP contribution in [0.1, 0.15) is 34.9 Å². The molecular formula is C21H24F3N5O. The van der Waals surface area contributed by atoms with Crippen LogP contribution in [0, 0.1) is 0 Å². The molecule has 1 saturated heterocycles. The molecule has 1 unspecified atom stereocenters. The Labute approximate surface area is 172 Å². The maximum absolute atomic E-state index is 12.6. The standard InChI is InChI=1S/C21H24F3N5O/c1-28-12-15(11-25-28)13-29-8-6-16(14-29)20-10-18(26-27-20)7-9-30-19-4-2-17(3-5-19)21(22,23)24/h2-5,10-12,16H,6-9,13-14H2,1H3,(H,26,27). The first kappa shape index (κ1) is 20.5. The topological polar surface area (TPSA) is 59.0 Å². The highest BCUT2D eigenvalue weighted by molar-refractivity contribution is 5.29. The number of nitrogens with zero attached hydrogens (tertiary/aromatic N) is 4. The zero-order valence-electron chi connectivity index (χ0n) is 16.7. The molecule has 30 heavy (non-hydrogen) atoms. The van der Waals surface area contributed by atoms with Crippen LogP contribution in [-0.2, 0) is 26.2 Å². The minimum absolute atomic E-state index is 0.366. The van der Waals surface area contributed by atoms with E-state index in [-0.39, 0.29) is 0 Å². The van der Waals surface area contributed by atoms with E-state index in [2.05, 4.69) is 26.3 Å². The largest absolute Gasteiger partial charge is 0.493 e. The van der Waals surface area contributed by atoms with E-state index in [1.54, 1.807) is 0 Å². The third-order valence-electron chi connectivity index (χ3n) is 5.33. The lowest BCUT2D eigenvalue weighted by Gasteiger charge is -2.13. The number of ether oxygens (including phenoxy) is 1. The summed E-state index contributed by atoms with van der Waals surface area (Å²) in [6, 6.07) is 6.81. The summed E-state index contributed by atoms with van der Waals surface area (Å²) in [4.78, 5) is 2.41. The van der Waals surface area contributed by atoms with Crippen LogP contribution in [0.15, 0.2) is 42.7 Å². The molecule has 1 fully saturated rings. The average Bonchev–Trinajstić information content (AvgIpc) is 3.43. The number of H-pyrrole nitrogens is 1. The van der Waals surface area contributed by atoms with Crippen LogP contribution in [0.2, 0.25) is 0 Å². The van der Waals surface area contributed by atoms with Crippen molar-refractivity contribution in [2.75, 3.05) is 19.7 Å². The average molecular weight is 419 g/mol. The van der Waals surface area contributed by atoms with E-state index in [0.29, 0.717) is 24.7 Å². The second-order valence-electron chi connectivity index (χ2n) is 7.68. The molecular weight excluding hydrogens is 395 g/mol. The van der Waals surface area contributed by atoms with E-state index in [0.717, 1.165) is 49.6 Å². The second-order valence-corrected chi connectivity index (χ2v) is 7.68. The van der Waals surface area contributed by atoms with E-state index in [4.69, 9.17) is 4.74 Å². The Morgan fingerprint density at radius 1 is 1.23 bits per heavy atom. The van der Waals surface area contributed by atoms with Crippen LogP contribution in [0.3, 0.4) is 0 Å². The van der Waals surface area contributed by atoms with E-state index in [9.17, 15) is 13.2 Å². The quantitative estimate of drug-likeness (QED) is 0.633. The zero-order valence-corrected chi connectivity index (χ0v) is 16.7. The van der Waals surface area contributed by atoms with Crippen molar-refractivity contribution >= 4 is 0 Å². The van der Waals surface area contributed by atoms with Gasteiger partial charge in [0.05, 0.1) is 24.1 Å². The fraction of sp³-hybridized carbons (Fsp3) is 0.429. The van der Waals surface area contributed by atoms with Gasteiger partial charge in [0.15, 0.2) is 0 Å². The summed E-state index contributed by atoms with van der Waals surface area (Å²) in [6.07, 6.45) is 1.28. The molecule has 0 saturated carbocycles. The van der Waals surface area contributed by atoms with Gasteiger partial charge in [0.2, 0.25) is 0 Å². The van der Waals surface area contributed by atoms with Crippen molar-refractivity contribution in [2.45, 2.75) is 31.5 Å².